The monoisotopic (exact) mass is 213 g/mol. The quantitative estimate of drug-likeness (QED) is 0.714. The van der Waals surface area contributed by atoms with E-state index in [-0.39, 0.29) is 18.7 Å². The van der Waals surface area contributed by atoms with Crippen molar-refractivity contribution >= 4 is 11.9 Å². The number of carboxylic acids is 1. The third kappa shape index (κ3) is 2.28. The van der Waals surface area contributed by atoms with Gasteiger partial charge in [-0.15, -0.1) is 0 Å². The van der Waals surface area contributed by atoms with Crippen LogP contribution < -0.4 is 0 Å². The Morgan fingerprint density at radius 2 is 1.80 bits per heavy atom. The highest BCUT2D eigenvalue weighted by atomic mass is 16.5. The van der Waals surface area contributed by atoms with Gasteiger partial charge in [-0.05, 0) is 0 Å². The smallest absolute Gasteiger partial charge is 0.303 e. The van der Waals surface area contributed by atoms with Crippen molar-refractivity contribution in [3.8, 4) is 0 Å². The molecule has 2 heterocycles. The first-order chi connectivity index (χ1) is 7.16. The van der Waals surface area contributed by atoms with Crippen molar-refractivity contribution in [1.82, 2.24) is 4.90 Å². The molecule has 5 heteroatoms. The third-order valence-corrected chi connectivity index (χ3v) is 3.15. The molecule has 2 unspecified atom stereocenters. The largest absolute Gasteiger partial charge is 0.481 e. The maximum atomic E-state index is 11.6. The van der Waals surface area contributed by atoms with Crippen LogP contribution in [0.5, 0.6) is 0 Å². The molecule has 1 N–H and O–H groups in total. The maximum Gasteiger partial charge on any atom is 0.303 e. The topological polar surface area (TPSA) is 66.8 Å². The van der Waals surface area contributed by atoms with Crippen LogP contribution in [0, 0.1) is 11.8 Å². The van der Waals surface area contributed by atoms with Crippen molar-refractivity contribution < 1.29 is 19.4 Å². The van der Waals surface area contributed by atoms with Gasteiger partial charge in [-0.1, -0.05) is 0 Å². The first-order valence-corrected chi connectivity index (χ1v) is 5.24. The number of carboxylic acid groups (broad SMARTS) is 1. The highest BCUT2D eigenvalue weighted by Gasteiger charge is 2.38. The minimum atomic E-state index is -0.911. The number of fused-ring (bicyclic) bond motifs is 1. The summed E-state index contributed by atoms with van der Waals surface area (Å²) in [6.07, 6.45) is 0.0524. The molecule has 0 saturated carbocycles. The third-order valence-electron chi connectivity index (χ3n) is 3.15. The number of aliphatic carboxylic acids is 1. The Balaban J connectivity index is 1.80. The number of nitrogens with zero attached hydrogens (tertiary/aromatic N) is 1. The predicted molar refractivity (Wildman–Crippen MR) is 51.2 cm³/mol. The minimum absolute atomic E-state index is 0.0354. The Morgan fingerprint density at radius 3 is 2.33 bits per heavy atom. The molecule has 15 heavy (non-hydrogen) atoms. The van der Waals surface area contributed by atoms with Gasteiger partial charge >= 0.3 is 5.97 Å². The first-order valence-electron chi connectivity index (χ1n) is 5.24. The summed E-state index contributed by atoms with van der Waals surface area (Å²) in [7, 11) is 0. The zero-order chi connectivity index (χ0) is 10.8. The fourth-order valence-electron chi connectivity index (χ4n) is 2.26. The van der Waals surface area contributed by atoms with E-state index in [9.17, 15) is 9.59 Å². The molecule has 2 aliphatic heterocycles. The zero-order valence-electron chi connectivity index (χ0n) is 8.52. The van der Waals surface area contributed by atoms with Crippen LogP contribution in [0.25, 0.3) is 0 Å². The lowest BCUT2D eigenvalue weighted by atomic mass is 10.0. The van der Waals surface area contributed by atoms with Crippen LogP contribution in [0.1, 0.15) is 12.8 Å². The first kappa shape index (κ1) is 10.4. The number of carbonyl (C=O) groups is 2. The molecule has 0 spiro atoms. The van der Waals surface area contributed by atoms with Gasteiger partial charge in [-0.25, -0.2) is 0 Å². The molecule has 0 aromatic carbocycles. The van der Waals surface area contributed by atoms with Crippen LogP contribution in [0.3, 0.4) is 0 Å². The van der Waals surface area contributed by atoms with Crippen molar-refractivity contribution in [1.29, 1.82) is 0 Å². The molecule has 0 bridgehead atoms. The van der Waals surface area contributed by atoms with Gasteiger partial charge < -0.3 is 14.7 Å². The van der Waals surface area contributed by atoms with E-state index in [0.717, 1.165) is 26.3 Å². The summed E-state index contributed by atoms with van der Waals surface area (Å²) < 4.78 is 5.31. The summed E-state index contributed by atoms with van der Waals surface area (Å²) >= 11 is 0. The number of hydrogen-bond donors (Lipinski definition) is 1. The highest BCUT2D eigenvalue weighted by Crippen LogP contribution is 2.29. The Hall–Kier alpha value is -1.10. The Labute approximate surface area is 88.0 Å². The summed E-state index contributed by atoms with van der Waals surface area (Å²) in [4.78, 5) is 23.7. The van der Waals surface area contributed by atoms with E-state index in [0.29, 0.717) is 11.8 Å². The standard InChI is InChI=1S/C10H15NO4/c12-9(1-2-10(13)14)11-3-7-5-15-6-8(7)4-11/h7-8H,1-6H2,(H,13,14). The molecular formula is C10H15NO4. The highest BCUT2D eigenvalue weighted by molar-refractivity contribution is 5.80. The number of amides is 1. The molecule has 2 saturated heterocycles. The lowest BCUT2D eigenvalue weighted by molar-refractivity contribution is -0.140. The van der Waals surface area contributed by atoms with E-state index in [2.05, 4.69) is 0 Å². The van der Waals surface area contributed by atoms with E-state index in [1.165, 1.54) is 0 Å². The summed E-state index contributed by atoms with van der Waals surface area (Å²) in [5.41, 5.74) is 0. The number of likely N-dealkylation sites (tertiary alicyclic amines) is 1. The van der Waals surface area contributed by atoms with Crippen LogP contribution in [0.2, 0.25) is 0 Å². The maximum absolute atomic E-state index is 11.6. The average Bonchev–Trinajstić information content (AvgIpc) is 2.72. The van der Waals surface area contributed by atoms with Crippen molar-refractivity contribution in [3.05, 3.63) is 0 Å². The van der Waals surface area contributed by atoms with E-state index >= 15 is 0 Å². The second kappa shape index (κ2) is 4.18. The fraction of sp³-hybridized carbons (Fsp3) is 0.800. The fourth-order valence-corrected chi connectivity index (χ4v) is 2.26. The van der Waals surface area contributed by atoms with Crippen LogP contribution in [0.4, 0.5) is 0 Å². The molecule has 2 atom stereocenters. The van der Waals surface area contributed by atoms with Gasteiger partial charge in [0, 0.05) is 31.3 Å². The summed E-state index contributed by atoms with van der Waals surface area (Å²) in [5.74, 6) is -0.00423. The van der Waals surface area contributed by atoms with Gasteiger partial charge in [0.2, 0.25) is 5.91 Å². The van der Waals surface area contributed by atoms with E-state index in [4.69, 9.17) is 9.84 Å². The molecule has 84 valence electrons. The van der Waals surface area contributed by atoms with Gasteiger partial charge in [0.1, 0.15) is 0 Å². The molecule has 0 aliphatic carbocycles. The van der Waals surface area contributed by atoms with E-state index < -0.39 is 5.97 Å². The molecule has 2 aliphatic rings. The number of rotatable bonds is 3. The molecule has 1 amide bonds. The number of hydrogen-bond acceptors (Lipinski definition) is 3. The van der Waals surface area contributed by atoms with Gasteiger partial charge in [-0.3, -0.25) is 9.59 Å². The zero-order valence-corrected chi connectivity index (χ0v) is 8.52. The average molecular weight is 213 g/mol. The van der Waals surface area contributed by atoms with Crippen molar-refractivity contribution in [2.24, 2.45) is 11.8 Å². The van der Waals surface area contributed by atoms with Crippen molar-refractivity contribution in [2.75, 3.05) is 26.3 Å². The predicted octanol–water partition coefficient (Wildman–Crippen LogP) is -0.0440. The van der Waals surface area contributed by atoms with Crippen LogP contribution in [-0.4, -0.2) is 48.2 Å². The molecular weight excluding hydrogens is 198 g/mol. The summed E-state index contributed by atoms with van der Waals surface area (Å²) in [5, 5.41) is 8.48. The van der Waals surface area contributed by atoms with Crippen molar-refractivity contribution in [2.45, 2.75) is 12.8 Å². The lowest BCUT2D eigenvalue weighted by Gasteiger charge is -2.16. The van der Waals surface area contributed by atoms with Crippen LogP contribution in [0.15, 0.2) is 0 Å². The van der Waals surface area contributed by atoms with E-state index in [1.54, 1.807) is 4.90 Å². The van der Waals surface area contributed by atoms with Gasteiger partial charge in [0.05, 0.1) is 19.6 Å². The number of ether oxygens (including phenoxy) is 1. The minimum Gasteiger partial charge on any atom is -0.481 e. The molecule has 0 aromatic heterocycles. The summed E-state index contributed by atoms with van der Waals surface area (Å²) in [6, 6.07) is 0. The van der Waals surface area contributed by atoms with Gasteiger partial charge in [-0.2, -0.15) is 0 Å². The molecule has 0 radical (unpaired) electrons. The second-order valence-electron chi connectivity index (χ2n) is 4.25. The Morgan fingerprint density at radius 1 is 1.20 bits per heavy atom. The molecule has 5 nitrogen and oxygen atoms in total. The van der Waals surface area contributed by atoms with Gasteiger partial charge in [0.25, 0.3) is 0 Å². The normalized spacial score (nSPS) is 29.2. The second-order valence-corrected chi connectivity index (χ2v) is 4.25. The van der Waals surface area contributed by atoms with Gasteiger partial charge in [0.15, 0.2) is 0 Å². The Kier molecular flexibility index (Phi) is 2.90. The van der Waals surface area contributed by atoms with E-state index in [1.807, 2.05) is 0 Å². The SMILES string of the molecule is O=C(O)CCC(=O)N1CC2COCC2C1. The molecule has 2 rings (SSSR count). The molecule has 2 fully saturated rings. The van der Waals surface area contributed by atoms with Crippen molar-refractivity contribution in [3.63, 3.8) is 0 Å². The number of carbonyl (C=O) groups excluding carboxylic acids is 1. The molecule has 0 aromatic rings. The summed E-state index contributed by atoms with van der Waals surface area (Å²) in [6.45, 7) is 2.97. The van der Waals surface area contributed by atoms with Crippen LogP contribution >= 0.6 is 0 Å². The Bertz CT molecular complexity index is 267. The van der Waals surface area contributed by atoms with Crippen LogP contribution in [-0.2, 0) is 14.3 Å². The lowest BCUT2D eigenvalue weighted by Crippen LogP contribution is -2.30.